The maximum Gasteiger partial charge on any atom is 0.312 e. The van der Waals surface area contributed by atoms with Crippen LogP contribution in [0.4, 0.5) is 0 Å². The highest BCUT2D eigenvalue weighted by molar-refractivity contribution is 5.97. The number of ether oxygens (including phenoxy) is 1. The molecule has 9 nitrogen and oxygen atoms in total. The topological polar surface area (TPSA) is 128 Å². The van der Waals surface area contributed by atoms with Crippen LogP contribution >= 0.6 is 0 Å². The van der Waals surface area contributed by atoms with Gasteiger partial charge in [-0.25, -0.2) is 0 Å². The highest BCUT2D eigenvalue weighted by atomic mass is 16.5. The van der Waals surface area contributed by atoms with Gasteiger partial charge < -0.3 is 9.26 Å². The maximum absolute atomic E-state index is 14.6. The molecule has 0 aromatic carbocycles. The largest absolute Gasteiger partial charge is 0.469 e. The summed E-state index contributed by atoms with van der Waals surface area (Å²) in [6, 6.07) is 0. The van der Waals surface area contributed by atoms with Gasteiger partial charge in [-0.15, -0.1) is 0 Å². The number of carbonyl (C=O) groups is 4. The zero-order valence-corrected chi connectivity index (χ0v) is 26.9. The Bertz CT molecular complexity index is 1440. The van der Waals surface area contributed by atoms with Crippen LogP contribution in [-0.4, -0.2) is 35.8 Å². The van der Waals surface area contributed by atoms with Gasteiger partial charge in [0.25, 0.3) is 5.91 Å². The molecule has 1 aromatic rings. The third-order valence-electron chi connectivity index (χ3n) is 13.5. The number of esters is 1. The number of ketones is 1. The molecule has 0 spiro atoms. The lowest BCUT2D eigenvalue weighted by atomic mass is 9.34. The number of hydrogen-bond acceptors (Lipinski definition) is 7. The molecule has 43 heavy (non-hydrogen) atoms. The lowest BCUT2D eigenvalue weighted by molar-refractivity contribution is -0.191. The molecule has 3 saturated carbocycles. The third kappa shape index (κ3) is 3.78. The average molecular weight is 594 g/mol. The van der Waals surface area contributed by atoms with Crippen molar-refractivity contribution in [2.24, 2.45) is 44.8 Å². The summed E-state index contributed by atoms with van der Waals surface area (Å²) in [7, 11) is 1.48. The van der Waals surface area contributed by atoms with Gasteiger partial charge in [0.1, 0.15) is 5.41 Å². The molecule has 0 radical (unpaired) electrons. The molecule has 5 aliphatic rings. The summed E-state index contributed by atoms with van der Waals surface area (Å²) in [5, 5.41) is 4.10. The van der Waals surface area contributed by atoms with Gasteiger partial charge >= 0.3 is 5.97 Å². The number of hydrazine groups is 1. The van der Waals surface area contributed by atoms with E-state index in [2.05, 4.69) is 50.6 Å². The van der Waals surface area contributed by atoms with Crippen molar-refractivity contribution in [3.05, 3.63) is 29.2 Å². The number of nitrogens with zero attached hydrogens (tertiary/aromatic N) is 1. The third-order valence-corrected chi connectivity index (χ3v) is 13.5. The van der Waals surface area contributed by atoms with Gasteiger partial charge in [0.2, 0.25) is 5.91 Å². The second-order valence-corrected chi connectivity index (χ2v) is 16.0. The van der Waals surface area contributed by atoms with Crippen molar-refractivity contribution in [1.82, 2.24) is 16.0 Å². The number of fused-ring (bicyclic) bond motifs is 8. The molecule has 2 amide bonds. The fraction of sp³-hybridized carbons (Fsp3) is 0.735. The van der Waals surface area contributed by atoms with Crippen molar-refractivity contribution in [3.63, 3.8) is 0 Å². The van der Waals surface area contributed by atoms with Crippen LogP contribution in [0, 0.1) is 44.8 Å². The number of rotatable bonds is 2. The molecule has 0 aliphatic heterocycles. The number of methoxy groups -OCH3 is 1. The predicted octanol–water partition coefficient (Wildman–Crippen LogP) is 4.99. The van der Waals surface area contributed by atoms with E-state index >= 15 is 0 Å². The van der Waals surface area contributed by atoms with E-state index in [1.807, 2.05) is 13.0 Å². The van der Waals surface area contributed by atoms with Gasteiger partial charge in [-0.1, -0.05) is 45.3 Å². The van der Waals surface area contributed by atoms with Gasteiger partial charge in [-0.3, -0.25) is 30.0 Å². The molecule has 9 heteroatoms. The van der Waals surface area contributed by atoms with E-state index in [1.54, 1.807) is 6.20 Å². The van der Waals surface area contributed by atoms with E-state index in [1.165, 1.54) is 14.0 Å². The molecule has 1 heterocycles. The molecular weight excluding hydrogens is 546 g/mol. The van der Waals surface area contributed by atoms with E-state index in [0.29, 0.717) is 12.2 Å². The summed E-state index contributed by atoms with van der Waals surface area (Å²) in [6.45, 7) is 14.6. The van der Waals surface area contributed by atoms with Crippen LogP contribution < -0.4 is 10.9 Å². The minimum atomic E-state index is -1.11. The van der Waals surface area contributed by atoms with E-state index in [4.69, 9.17) is 9.26 Å². The highest BCUT2D eigenvalue weighted by Gasteiger charge is 2.72. The molecule has 6 rings (SSSR count). The number of hydrogen-bond donors (Lipinski definition) is 2. The molecular formula is C34H47N3O6. The molecule has 0 bridgehead atoms. The standard InChI is InChI=1S/C34H47N3O6/c1-19(38)36-37-27(40)33(7)23-9-10-31(5)24(30(23,4)16-20-18-35-43-26(20)33)15-22(39)25-21-17-29(2,3)11-13-34(21,28(41)42-8)14-12-32(25,31)6/h15,18,21,23,25H,9-14,16-17H2,1-8H3,(H,36,38)(H,37,40)/t21-,23+,25-,30-,31+,32+,33-,34-/m0/s1. The number of aromatic nitrogens is 1. The molecule has 1 aromatic heterocycles. The zero-order valence-electron chi connectivity index (χ0n) is 26.9. The Morgan fingerprint density at radius 1 is 1.00 bits per heavy atom. The Kier molecular flexibility index (Phi) is 6.48. The Morgan fingerprint density at radius 2 is 1.70 bits per heavy atom. The van der Waals surface area contributed by atoms with Gasteiger partial charge in [0, 0.05) is 18.4 Å². The lowest BCUT2D eigenvalue weighted by Crippen LogP contribution is -2.67. The van der Waals surface area contributed by atoms with Crippen molar-refractivity contribution in [3.8, 4) is 0 Å². The summed E-state index contributed by atoms with van der Waals surface area (Å²) in [6.07, 6.45) is 9.75. The summed E-state index contributed by atoms with van der Waals surface area (Å²) >= 11 is 0. The Morgan fingerprint density at radius 3 is 2.37 bits per heavy atom. The van der Waals surface area contributed by atoms with E-state index in [9.17, 15) is 19.2 Å². The Balaban J connectivity index is 1.48. The van der Waals surface area contributed by atoms with Crippen LogP contribution in [0.2, 0.25) is 0 Å². The Labute approximate surface area is 254 Å². The summed E-state index contributed by atoms with van der Waals surface area (Å²) in [5.41, 5.74) is 4.13. The zero-order chi connectivity index (χ0) is 31.4. The first kappa shape index (κ1) is 30.1. The van der Waals surface area contributed by atoms with E-state index in [-0.39, 0.29) is 57.6 Å². The van der Waals surface area contributed by atoms with Gasteiger partial charge in [0.15, 0.2) is 11.5 Å². The first-order valence-electron chi connectivity index (χ1n) is 15.9. The normalized spacial score (nSPS) is 42.6. The average Bonchev–Trinajstić information content (AvgIpc) is 3.40. The van der Waals surface area contributed by atoms with Crippen molar-refractivity contribution in [1.29, 1.82) is 0 Å². The van der Waals surface area contributed by atoms with Crippen LogP contribution in [0.5, 0.6) is 0 Å². The maximum atomic E-state index is 14.6. The SMILES string of the molecule is COC(=O)[C@]12CCC(C)(C)C[C@H]1[C@H]1C(=O)C=C3[C@@]4(C)Cc5cnoc5[C@@](C)(C(=O)NNC(C)=O)[C@@H]4CC[C@@]3(C)[C@]1(C)CC2. The molecule has 8 atom stereocenters. The molecule has 5 aliphatic carbocycles. The number of amides is 2. The van der Waals surface area contributed by atoms with Crippen molar-refractivity contribution in [2.45, 2.75) is 105 Å². The fourth-order valence-corrected chi connectivity index (χ4v) is 11.1. The smallest absolute Gasteiger partial charge is 0.312 e. The molecule has 3 fully saturated rings. The van der Waals surface area contributed by atoms with Crippen LogP contribution in [0.1, 0.15) is 105 Å². The summed E-state index contributed by atoms with van der Waals surface area (Å²) in [4.78, 5) is 53.7. The Hall–Kier alpha value is -2.97. The second-order valence-electron chi connectivity index (χ2n) is 16.0. The molecule has 2 N–H and O–H groups in total. The predicted molar refractivity (Wildman–Crippen MR) is 158 cm³/mol. The summed E-state index contributed by atoms with van der Waals surface area (Å²) in [5.74, 6) is -0.795. The van der Waals surface area contributed by atoms with Crippen LogP contribution in [-0.2, 0) is 35.8 Å². The summed E-state index contributed by atoms with van der Waals surface area (Å²) < 4.78 is 11.2. The molecule has 0 saturated heterocycles. The van der Waals surface area contributed by atoms with Crippen LogP contribution in [0.25, 0.3) is 0 Å². The van der Waals surface area contributed by atoms with Gasteiger partial charge in [-0.2, -0.15) is 0 Å². The fourth-order valence-electron chi connectivity index (χ4n) is 11.1. The molecule has 0 unspecified atom stereocenters. The minimum absolute atomic E-state index is 0.0341. The lowest BCUT2D eigenvalue weighted by Gasteiger charge is -2.69. The van der Waals surface area contributed by atoms with E-state index in [0.717, 1.165) is 56.1 Å². The minimum Gasteiger partial charge on any atom is -0.469 e. The van der Waals surface area contributed by atoms with Crippen LogP contribution in [0.15, 0.2) is 22.4 Å². The quantitative estimate of drug-likeness (QED) is 0.365. The number of carbonyl (C=O) groups excluding carboxylic acids is 4. The monoisotopic (exact) mass is 593 g/mol. The van der Waals surface area contributed by atoms with Crippen LogP contribution in [0.3, 0.4) is 0 Å². The number of allylic oxidation sites excluding steroid dienone is 2. The second kappa shape index (κ2) is 9.27. The highest BCUT2D eigenvalue weighted by Crippen LogP contribution is 2.75. The molecule has 234 valence electrons. The van der Waals surface area contributed by atoms with Crippen molar-refractivity contribution in [2.75, 3.05) is 7.11 Å². The van der Waals surface area contributed by atoms with Gasteiger partial charge in [0.05, 0.1) is 18.7 Å². The van der Waals surface area contributed by atoms with E-state index < -0.39 is 16.2 Å². The number of nitrogens with one attached hydrogen (secondary N) is 2. The van der Waals surface area contributed by atoms with Gasteiger partial charge in [-0.05, 0) is 97.9 Å². The first-order valence-corrected chi connectivity index (χ1v) is 15.9. The van der Waals surface area contributed by atoms with Crippen molar-refractivity contribution < 1.29 is 28.4 Å². The first-order chi connectivity index (χ1) is 20.0. The van der Waals surface area contributed by atoms with Crippen molar-refractivity contribution >= 4 is 23.6 Å².